The van der Waals surface area contributed by atoms with Gasteiger partial charge in [-0.2, -0.15) is 5.26 Å². The third-order valence-corrected chi connectivity index (χ3v) is 1.53. The zero-order valence-electron chi connectivity index (χ0n) is 5.76. The van der Waals surface area contributed by atoms with E-state index in [0.29, 0.717) is 6.42 Å². The molecule has 1 atom stereocenters. The number of rotatable bonds is 0. The molecule has 0 aromatic heterocycles. The molecule has 1 rings (SSSR count). The van der Waals surface area contributed by atoms with Crippen LogP contribution in [0.15, 0.2) is 23.6 Å². The first-order chi connectivity index (χ1) is 4.74. The van der Waals surface area contributed by atoms with Gasteiger partial charge in [0.15, 0.2) is 0 Å². The number of nitrogens with zero attached hydrogens (tertiary/aromatic N) is 1. The Labute approximate surface area is 59.5 Å². The molecule has 0 radical (unpaired) electrons. The molecule has 0 heterocycles. The maximum absolute atomic E-state index is 12.7. The zero-order valence-corrected chi connectivity index (χ0v) is 5.76. The highest BCUT2D eigenvalue weighted by molar-refractivity contribution is 5.27. The minimum atomic E-state index is -0.538. The molecule has 0 amide bonds. The minimum Gasteiger partial charge on any atom is -0.210 e. The van der Waals surface area contributed by atoms with Crippen LogP contribution in [0, 0.1) is 17.2 Å². The molecule has 1 nitrogen and oxygen atoms in total. The maximum atomic E-state index is 12.7. The fourth-order valence-corrected chi connectivity index (χ4v) is 0.908. The van der Waals surface area contributed by atoms with Crippen LogP contribution in [0.2, 0.25) is 0 Å². The van der Waals surface area contributed by atoms with Crippen molar-refractivity contribution in [2.45, 2.75) is 13.3 Å². The van der Waals surface area contributed by atoms with Gasteiger partial charge in [-0.05, 0) is 19.4 Å². The lowest BCUT2D eigenvalue weighted by Crippen LogP contribution is -2.00. The third kappa shape index (κ3) is 1.24. The molecule has 0 aromatic carbocycles. The second-order valence-electron chi connectivity index (χ2n) is 2.39. The Kier molecular flexibility index (Phi) is 1.86. The Bertz CT molecular complexity index is 232. The van der Waals surface area contributed by atoms with Crippen molar-refractivity contribution in [1.82, 2.24) is 0 Å². The summed E-state index contributed by atoms with van der Waals surface area (Å²) in [5.41, 5.74) is 0.906. The standard InChI is InChI=1S/C8H8FN/c1-6-2-3-7(5-10)8(9)4-6/h2,4,7H,3H2,1H3. The Hall–Kier alpha value is -1.10. The number of halogens is 1. The summed E-state index contributed by atoms with van der Waals surface area (Å²) in [6.45, 7) is 1.83. The minimum absolute atomic E-state index is 0.303. The number of allylic oxidation sites excluding steroid dienone is 4. The topological polar surface area (TPSA) is 23.8 Å². The van der Waals surface area contributed by atoms with Gasteiger partial charge in [-0.3, -0.25) is 0 Å². The molecule has 10 heavy (non-hydrogen) atoms. The molecule has 0 bridgehead atoms. The first-order valence-electron chi connectivity index (χ1n) is 3.17. The Morgan fingerprint density at radius 1 is 1.80 bits per heavy atom. The van der Waals surface area contributed by atoms with Crippen LogP contribution in [0.5, 0.6) is 0 Å². The molecule has 0 aliphatic heterocycles. The van der Waals surface area contributed by atoms with E-state index in [2.05, 4.69) is 0 Å². The van der Waals surface area contributed by atoms with E-state index >= 15 is 0 Å². The highest BCUT2D eigenvalue weighted by atomic mass is 19.1. The summed E-state index contributed by atoms with van der Waals surface area (Å²) in [4.78, 5) is 0. The molecular formula is C8H8FN. The van der Waals surface area contributed by atoms with Crippen LogP contribution in [0.1, 0.15) is 13.3 Å². The first-order valence-corrected chi connectivity index (χ1v) is 3.17. The van der Waals surface area contributed by atoms with Crippen LogP contribution in [0.4, 0.5) is 4.39 Å². The van der Waals surface area contributed by atoms with Crippen LogP contribution in [0.25, 0.3) is 0 Å². The van der Waals surface area contributed by atoms with E-state index in [1.165, 1.54) is 6.08 Å². The van der Waals surface area contributed by atoms with Gasteiger partial charge in [-0.25, -0.2) is 4.39 Å². The maximum Gasteiger partial charge on any atom is 0.118 e. The van der Waals surface area contributed by atoms with Gasteiger partial charge in [0.05, 0.1) is 6.07 Å². The van der Waals surface area contributed by atoms with Gasteiger partial charge in [0.25, 0.3) is 0 Å². The van der Waals surface area contributed by atoms with E-state index in [9.17, 15) is 4.39 Å². The summed E-state index contributed by atoms with van der Waals surface area (Å²) >= 11 is 0. The van der Waals surface area contributed by atoms with Crippen molar-refractivity contribution in [3.63, 3.8) is 0 Å². The molecule has 1 aliphatic rings. The van der Waals surface area contributed by atoms with Crippen molar-refractivity contribution >= 4 is 0 Å². The van der Waals surface area contributed by atoms with Crippen LogP contribution < -0.4 is 0 Å². The van der Waals surface area contributed by atoms with Crippen LogP contribution >= 0.6 is 0 Å². The lowest BCUT2D eigenvalue weighted by Gasteiger charge is -2.08. The summed E-state index contributed by atoms with van der Waals surface area (Å²) in [5.74, 6) is -0.841. The summed E-state index contributed by atoms with van der Waals surface area (Å²) in [6.07, 6.45) is 3.80. The largest absolute Gasteiger partial charge is 0.210 e. The second kappa shape index (κ2) is 2.66. The molecule has 1 aliphatic carbocycles. The zero-order chi connectivity index (χ0) is 7.56. The van der Waals surface area contributed by atoms with Crippen molar-refractivity contribution < 1.29 is 4.39 Å². The molecule has 0 fully saturated rings. The van der Waals surface area contributed by atoms with Crippen molar-refractivity contribution in [3.05, 3.63) is 23.6 Å². The number of nitriles is 1. The molecule has 0 saturated carbocycles. The van der Waals surface area contributed by atoms with Crippen LogP contribution in [-0.4, -0.2) is 0 Å². The molecule has 1 unspecified atom stereocenters. The molecule has 0 N–H and O–H groups in total. The van der Waals surface area contributed by atoms with Gasteiger partial charge < -0.3 is 0 Å². The van der Waals surface area contributed by atoms with Crippen molar-refractivity contribution in [2.75, 3.05) is 0 Å². The molecule has 0 saturated heterocycles. The summed E-state index contributed by atoms with van der Waals surface area (Å²) in [7, 11) is 0. The summed E-state index contributed by atoms with van der Waals surface area (Å²) in [5, 5.41) is 8.39. The van der Waals surface area contributed by atoms with Gasteiger partial charge in [0.2, 0.25) is 0 Å². The number of hydrogen-bond acceptors (Lipinski definition) is 1. The summed E-state index contributed by atoms with van der Waals surface area (Å²) in [6, 6.07) is 1.89. The predicted molar refractivity (Wildman–Crippen MR) is 36.7 cm³/mol. The monoisotopic (exact) mass is 137 g/mol. The van der Waals surface area contributed by atoms with Crippen molar-refractivity contribution in [2.24, 2.45) is 5.92 Å². The molecular weight excluding hydrogens is 129 g/mol. The van der Waals surface area contributed by atoms with E-state index in [1.807, 2.05) is 19.1 Å². The highest BCUT2D eigenvalue weighted by Crippen LogP contribution is 2.23. The smallest absolute Gasteiger partial charge is 0.118 e. The number of hydrogen-bond donors (Lipinski definition) is 0. The lowest BCUT2D eigenvalue weighted by atomic mass is 9.98. The molecule has 0 spiro atoms. The molecule has 0 aromatic rings. The van der Waals surface area contributed by atoms with Gasteiger partial charge >= 0.3 is 0 Å². The Morgan fingerprint density at radius 2 is 2.50 bits per heavy atom. The van der Waals surface area contributed by atoms with Gasteiger partial charge in [-0.15, -0.1) is 0 Å². The molecule has 52 valence electrons. The fourth-order valence-electron chi connectivity index (χ4n) is 0.908. The van der Waals surface area contributed by atoms with Gasteiger partial charge in [0, 0.05) is 0 Å². The third-order valence-electron chi connectivity index (χ3n) is 1.53. The van der Waals surface area contributed by atoms with Crippen molar-refractivity contribution in [3.8, 4) is 6.07 Å². The predicted octanol–water partition coefficient (Wildman–Crippen LogP) is 2.33. The van der Waals surface area contributed by atoms with Crippen LogP contribution in [-0.2, 0) is 0 Å². The average molecular weight is 137 g/mol. The van der Waals surface area contributed by atoms with Crippen molar-refractivity contribution in [1.29, 1.82) is 5.26 Å². The Balaban J connectivity index is 2.80. The van der Waals surface area contributed by atoms with E-state index in [4.69, 9.17) is 5.26 Å². The van der Waals surface area contributed by atoms with E-state index in [-0.39, 0.29) is 5.83 Å². The highest BCUT2D eigenvalue weighted by Gasteiger charge is 2.14. The lowest BCUT2D eigenvalue weighted by molar-refractivity contribution is 0.526. The van der Waals surface area contributed by atoms with E-state index < -0.39 is 5.92 Å². The van der Waals surface area contributed by atoms with E-state index in [0.717, 1.165) is 5.57 Å². The molecule has 2 heteroatoms. The van der Waals surface area contributed by atoms with Gasteiger partial charge in [0.1, 0.15) is 11.7 Å². The van der Waals surface area contributed by atoms with Gasteiger partial charge in [-0.1, -0.05) is 11.6 Å². The second-order valence-corrected chi connectivity index (χ2v) is 2.39. The Morgan fingerprint density at radius 3 is 3.00 bits per heavy atom. The summed E-state index contributed by atoms with van der Waals surface area (Å²) < 4.78 is 12.7. The fraction of sp³-hybridized carbons (Fsp3) is 0.375. The normalized spacial score (nSPS) is 24.7. The quantitative estimate of drug-likeness (QED) is 0.502. The first kappa shape index (κ1) is 7.01. The van der Waals surface area contributed by atoms with Crippen LogP contribution in [0.3, 0.4) is 0 Å². The SMILES string of the molecule is CC1=CCC(C#N)C(F)=C1. The van der Waals surface area contributed by atoms with E-state index in [1.54, 1.807) is 0 Å². The average Bonchev–Trinajstić information content (AvgIpc) is 1.88.